The molecule has 0 spiro atoms. The summed E-state index contributed by atoms with van der Waals surface area (Å²) in [4.78, 5) is 12.4. The minimum absolute atomic E-state index is 0. The van der Waals surface area contributed by atoms with E-state index in [0.29, 0.717) is 25.1 Å². The summed E-state index contributed by atoms with van der Waals surface area (Å²) < 4.78 is 27.2. The summed E-state index contributed by atoms with van der Waals surface area (Å²) in [5, 5.41) is 2.74. The number of hydrogen-bond acceptors (Lipinski definition) is 5. The smallest absolute Gasteiger partial charge is 0.241 e. The van der Waals surface area contributed by atoms with Crippen molar-refractivity contribution in [2.75, 3.05) is 18.6 Å². The molecule has 2 unspecified atom stereocenters. The number of amides is 1. The van der Waals surface area contributed by atoms with Crippen LogP contribution in [-0.4, -0.2) is 45.0 Å². The lowest BCUT2D eigenvalue weighted by Gasteiger charge is -2.18. The predicted octanol–water partition coefficient (Wildman–Crippen LogP) is 1.36. The van der Waals surface area contributed by atoms with Crippen LogP contribution in [0.25, 0.3) is 0 Å². The van der Waals surface area contributed by atoms with Crippen LogP contribution in [0.5, 0.6) is 0 Å². The number of rotatable bonds is 10. The minimum Gasteiger partial charge on any atom is -0.355 e. The molecule has 0 heterocycles. The Balaban J connectivity index is 0.00000529. The first kappa shape index (κ1) is 23.2. The van der Waals surface area contributed by atoms with Gasteiger partial charge in [-0.05, 0) is 43.9 Å². The van der Waals surface area contributed by atoms with E-state index in [2.05, 4.69) is 10.0 Å². The molecule has 0 fully saturated rings. The number of nitrogens with two attached hydrogens (primary N) is 1. The van der Waals surface area contributed by atoms with Gasteiger partial charge in [-0.3, -0.25) is 4.79 Å². The quantitative estimate of drug-likeness (QED) is 0.555. The zero-order chi connectivity index (χ0) is 17.3. The summed E-state index contributed by atoms with van der Waals surface area (Å²) in [7, 11) is -3.72. The van der Waals surface area contributed by atoms with Gasteiger partial charge < -0.3 is 11.1 Å². The number of halogens is 1. The number of benzene rings is 1. The van der Waals surface area contributed by atoms with Crippen molar-refractivity contribution >= 4 is 40.1 Å². The summed E-state index contributed by atoms with van der Waals surface area (Å²) in [6.07, 6.45) is 2.99. The number of carbonyl (C=O) groups excluding carboxylic acids is 1. The first-order chi connectivity index (χ1) is 10.9. The molecular weight excluding hydrogens is 370 g/mol. The third-order valence-electron chi connectivity index (χ3n) is 3.18. The van der Waals surface area contributed by atoms with E-state index in [0.717, 1.165) is 0 Å². The van der Waals surface area contributed by atoms with Gasteiger partial charge in [-0.25, -0.2) is 8.42 Å². The monoisotopic (exact) mass is 395 g/mol. The Labute approximate surface area is 154 Å². The molecule has 2 atom stereocenters. The molecule has 1 aromatic carbocycles. The van der Waals surface area contributed by atoms with Gasteiger partial charge in [0.2, 0.25) is 15.9 Å². The van der Waals surface area contributed by atoms with Gasteiger partial charge in [0, 0.05) is 12.6 Å². The van der Waals surface area contributed by atoms with Crippen molar-refractivity contribution in [3.05, 3.63) is 30.3 Å². The van der Waals surface area contributed by atoms with E-state index in [9.17, 15) is 13.2 Å². The molecule has 0 aliphatic heterocycles. The average Bonchev–Trinajstić information content (AvgIpc) is 2.51. The Morgan fingerprint density at radius 1 is 1.25 bits per heavy atom. The predicted molar refractivity (Wildman–Crippen MR) is 102 cm³/mol. The highest BCUT2D eigenvalue weighted by Crippen LogP contribution is 2.10. The molecule has 9 heteroatoms. The van der Waals surface area contributed by atoms with Gasteiger partial charge in [0.15, 0.2) is 0 Å². The molecule has 1 rings (SSSR count). The molecule has 0 bridgehead atoms. The highest BCUT2D eigenvalue weighted by Gasteiger charge is 2.25. The summed E-state index contributed by atoms with van der Waals surface area (Å²) >= 11 is 1.56. The first-order valence-electron chi connectivity index (χ1n) is 7.46. The lowest BCUT2D eigenvalue weighted by atomic mass is 10.2. The van der Waals surface area contributed by atoms with Crippen molar-refractivity contribution in [2.45, 2.75) is 36.7 Å². The van der Waals surface area contributed by atoms with Crippen molar-refractivity contribution in [1.29, 1.82) is 0 Å². The SMILES string of the molecule is CSCCC(NS(=O)(=O)c1ccccc1)C(=O)NCCC(C)N.Cl. The Bertz CT molecular complexity index is 583. The van der Waals surface area contributed by atoms with Gasteiger partial charge in [0.05, 0.1) is 4.90 Å². The molecule has 138 valence electrons. The van der Waals surface area contributed by atoms with Crippen LogP contribution in [0, 0.1) is 0 Å². The molecule has 0 aliphatic rings. The van der Waals surface area contributed by atoms with Crippen LogP contribution in [0.2, 0.25) is 0 Å². The van der Waals surface area contributed by atoms with E-state index in [1.54, 1.807) is 30.0 Å². The number of nitrogens with one attached hydrogen (secondary N) is 2. The minimum atomic E-state index is -3.72. The fourth-order valence-electron chi connectivity index (χ4n) is 1.88. The maximum atomic E-state index is 12.4. The number of thioether (sulfide) groups is 1. The maximum Gasteiger partial charge on any atom is 0.241 e. The molecule has 1 aromatic rings. The summed E-state index contributed by atoms with van der Waals surface area (Å²) in [6, 6.07) is 7.23. The third-order valence-corrected chi connectivity index (χ3v) is 5.31. The average molecular weight is 396 g/mol. The molecule has 4 N–H and O–H groups in total. The van der Waals surface area contributed by atoms with Crippen LogP contribution in [0.15, 0.2) is 35.2 Å². The van der Waals surface area contributed by atoms with Gasteiger partial charge in [0.1, 0.15) is 6.04 Å². The van der Waals surface area contributed by atoms with Crippen LogP contribution in [0.3, 0.4) is 0 Å². The number of sulfonamides is 1. The van der Waals surface area contributed by atoms with Crippen LogP contribution in [0.4, 0.5) is 0 Å². The van der Waals surface area contributed by atoms with Crippen LogP contribution in [0.1, 0.15) is 19.8 Å². The summed E-state index contributed by atoms with van der Waals surface area (Å²) in [5.41, 5.74) is 5.65. The Kier molecular flexibility index (Phi) is 11.3. The second kappa shape index (κ2) is 11.7. The van der Waals surface area contributed by atoms with E-state index >= 15 is 0 Å². The normalized spacial score (nSPS) is 13.6. The fraction of sp³-hybridized carbons (Fsp3) is 0.533. The van der Waals surface area contributed by atoms with Crippen molar-refractivity contribution in [2.24, 2.45) is 5.73 Å². The lowest BCUT2D eigenvalue weighted by Crippen LogP contribution is -2.47. The van der Waals surface area contributed by atoms with Crippen molar-refractivity contribution < 1.29 is 13.2 Å². The number of hydrogen-bond donors (Lipinski definition) is 3. The Morgan fingerprint density at radius 3 is 2.42 bits per heavy atom. The molecule has 0 saturated carbocycles. The van der Waals surface area contributed by atoms with E-state index in [-0.39, 0.29) is 29.3 Å². The zero-order valence-corrected chi connectivity index (χ0v) is 16.3. The molecule has 0 saturated heterocycles. The fourth-order valence-corrected chi connectivity index (χ4v) is 3.60. The maximum absolute atomic E-state index is 12.4. The standard InChI is InChI=1S/C15H25N3O3S2.ClH/c1-12(16)8-10-17-15(19)14(9-11-22-2)18-23(20,21)13-6-4-3-5-7-13;/h3-7,12,14,18H,8-11,16H2,1-2H3,(H,17,19);1H. The largest absolute Gasteiger partial charge is 0.355 e. The molecular formula is C15H26ClN3O3S2. The van der Waals surface area contributed by atoms with Gasteiger partial charge >= 0.3 is 0 Å². The van der Waals surface area contributed by atoms with Crippen LogP contribution in [-0.2, 0) is 14.8 Å². The van der Waals surface area contributed by atoms with E-state index in [1.165, 1.54) is 12.1 Å². The number of carbonyl (C=O) groups is 1. The lowest BCUT2D eigenvalue weighted by molar-refractivity contribution is -0.122. The third kappa shape index (κ3) is 8.34. The molecule has 0 radical (unpaired) electrons. The second-order valence-electron chi connectivity index (χ2n) is 5.33. The molecule has 0 aliphatic carbocycles. The molecule has 1 amide bonds. The second-order valence-corrected chi connectivity index (χ2v) is 8.02. The molecule has 24 heavy (non-hydrogen) atoms. The van der Waals surface area contributed by atoms with E-state index in [4.69, 9.17) is 5.73 Å². The van der Waals surface area contributed by atoms with E-state index in [1.807, 2.05) is 13.2 Å². The van der Waals surface area contributed by atoms with Crippen molar-refractivity contribution in [3.8, 4) is 0 Å². The first-order valence-corrected chi connectivity index (χ1v) is 10.3. The highest BCUT2D eigenvalue weighted by molar-refractivity contribution is 7.98. The van der Waals surface area contributed by atoms with Crippen LogP contribution < -0.4 is 15.8 Å². The molecule has 6 nitrogen and oxygen atoms in total. The molecule has 0 aromatic heterocycles. The Morgan fingerprint density at radius 2 is 1.88 bits per heavy atom. The summed E-state index contributed by atoms with van der Waals surface area (Å²) in [5.74, 6) is 0.363. The van der Waals surface area contributed by atoms with Gasteiger partial charge in [0.25, 0.3) is 0 Å². The van der Waals surface area contributed by atoms with Gasteiger partial charge in [-0.2, -0.15) is 16.5 Å². The topological polar surface area (TPSA) is 101 Å². The van der Waals surface area contributed by atoms with Crippen molar-refractivity contribution in [3.63, 3.8) is 0 Å². The Hall–Kier alpha value is -0.800. The summed E-state index contributed by atoms with van der Waals surface area (Å²) in [6.45, 7) is 2.29. The van der Waals surface area contributed by atoms with Crippen LogP contribution >= 0.6 is 24.2 Å². The zero-order valence-electron chi connectivity index (χ0n) is 13.9. The van der Waals surface area contributed by atoms with Gasteiger partial charge in [-0.15, -0.1) is 12.4 Å². The van der Waals surface area contributed by atoms with Crippen molar-refractivity contribution in [1.82, 2.24) is 10.0 Å². The highest BCUT2D eigenvalue weighted by atomic mass is 35.5. The van der Waals surface area contributed by atoms with Gasteiger partial charge in [-0.1, -0.05) is 18.2 Å². The van der Waals surface area contributed by atoms with E-state index < -0.39 is 16.1 Å².